The zero-order valence-corrected chi connectivity index (χ0v) is 16.3. The first-order chi connectivity index (χ1) is 14.2. The van der Waals surface area contributed by atoms with Crippen molar-refractivity contribution in [1.82, 2.24) is 0 Å². The van der Waals surface area contributed by atoms with Crippen LogP contribution in [0.3, 0.4) is 0 Å². The molecule has 3 aromatic carbocycles. The summed E-state index contributed by atoms with van der Waals surface area (Å²) in [7, 11) is 1.65. The van der Waals surface area contributed by atoms with Gasteiger partial charge in [-0.1, -0.05) is 30.3 Å². The van der Waals surface area contributed by atoms with Crippen LogP contribution < -0.4 is 10.2 Å². The van der Waals surface area contributed by atoms with E-state index < -0.39 is 17.6 Å². The van der Waals surface area contributed by atoms with Crippen LogP contribution in [-0.4, -0.2) is 18.9 Å². The molecule has 0 fully saturated rings. The molecule has 0 atom stereocenters. The number of alkyl halides is 3. The number of hydrogen-bond donors (Lipinski definition) is 1. The largest absolute Gasteiger partial charge is 0.416 e. The Labute approximate surface area is 171 Å². The smallest absolute Gasteiger partial charge is 0.322 e. The van der Waals surface area contributed by atoms with Gasteiger partial charge < -0.3 is 10.2 Å². The van der Waals surface area contributed by atoms with Gasteiger partial charge >= 0.3 is 6.18 Å². The van der Waals surface area contributed by atoms with Gasteiger partial charge in [-0.25, -0.2) is 0 Å². The summed E-state index contributed by atoms with van der Waals surface area (Å²) in [4.78, 5) is 25.7. The number of nitrogens with zero attached hydrogens (tertiary/aromatic N) is 1. The molecular weight excluding hydrogens is 393 g/mol. The third-order valence-electron chi connectivity index (χ3n) is 4.68. The summed E-state index contributed by atoms with van der Waals surface area (Å²) >= 11 is 0. The highest BCUT2D eigenvalue weighted by molar-refractivity contribution is 6.08. The van der Waals surface area contributed by atoms with E-state index in [1.54, 1.807) is 55.6 Å². The van der Waals surface area contributed by atoms with Crippen molar-refractivity contribution in [3.05, 3.63) is 83.9 Å². The average molecular weight is 412 g/mol. The van der Waals surface area contributed by atoms with Crippen molar-refractivity contribution in [3.63, 3.8) is 0 Å². The normalized spacial score (nSPS) is 11.1. The first-order valence-corrected chi connectivity index (χ1v) is 9.09. The van der Waals surface area contributed by atoms with Crippen LogP contribution in [0.2, 0.25) is 0 Å². The second-order valence-electron chi connectivity index (χ2n) is 6.70. The first kappa shape index (κ1) is 21.1. The van der Waals surface area contributed by atoms with Crippen molar-refractivity contribution < 1.29 is 22.8 Å². The predicted molar refractivity (Wildman–Crippen MR) is 110 cm³/mol. The summed E-state index contributed by atoms with van der Waals surface area (Å²) in [5, 5.41) is 2.78. The van der Waals surface area contributed by atoms with E-state index in [1.165, 1.54) is 24.0 Å². The summed E-state index contributed by atoms with van der Waals surface area (Å²) < 4.78 is 38.4. The maximum atomic E-state index is 12.8. The van der Waals surface area contributed by atoms with E-state index in [2.05, 4.69) is 5.32 Å². The van der Waals surface area contributed by atoms with Crippen LogP contribution >= 0.6 is 0 Å². The van der Waals surface area contributed by atoms with Gasteiger partial charge in [0.25, 0.3) is 5.91 Å². The Hall–Kier alpha value is -3.61. The molecule has 0 aliphatic rings. The van der Waals surface area contributed by atoms with Crippen LogP contribution in [0.5, 0.6) is 0 Å². The lowest BCUT2D eigenvalue weighted by molar-refractivity contribution is -0.137. The number of nitrogens with one attached hydrogen (secondary N) is 1. The van der Waals surface area contributed by atoms with Gasteiger partial charge in [-0.05, 0) is 53.6 Å². The van der Waals surface area contributed by atoms with Gasteiger partial charge in [-0.3, -0.25) is 9.59 Å². The Morgan fingerprint density at radius 1 is 0.867 bits per heavy atom. The molecule has 0 radical (unpaired) electrons. The predicted octanol–water partition coefficient (Wildman–Crippen LogP) is 5.61. The molecule has 7 heteroatoms. The number of amides is 2. The molecule has 3 rings (SSSR count). The van der Waals surface area contributed by atoms with Gasteiger partial charge in [-0.15, -0.1) is 0 Å². The lowest BCUT2D eigenvalue weighted by Gasteiger charge is -2.16. The first-order valence-electron chi connectivity index (χ1n) is 9.09. The van der Waals surface area contributed by atoms with Crippen molar-refractivity contribution in [2.45, 2.75) is 13.1 Å². The Bertz CT molecular complexity index is 1060. The maximum Gasteiger partial charge on any atom is 0.416 e. The average Bonchev–Trinajstić information content (AvgIpc) is 2.73. The van der Waals surface area contributed by atoms with E-state index in [9.17, 15) is 22.8 Å². The van der Waals surface area contributed by atoms with Gasteiger partial charge in [0, 0.05) is 30.9 Å². The fraction of sp³-hybridized carbons (Fsp3) is 0.130. The number of carbonyl (C=O) groups is 2. The molecule has 0 saturated heterocycles. The van der Waals surface area contributed by atoms with Crippen molar-refractivity contribution in [2.75, 3.05) is 17.3 Å². The van der Waals surface area contributed by atoms with Gasteiger partial charge in [-0.2, -0.15) is 13.2 Å². The molecule has 1 N–H and O–H groups in total. The van der Waals surface area contributed by atoms with Crippen molar-refractivity contribution in [2.24, 2.45) is 0 Å². The minimum absolute atomic E-state index is 0.114. The summed E-state index contributed by atoms with van der Waals surface area (Å²) in [5.74, 6) is -0.504. The molecule has 3 aromatic rings. The van der Waals surface area contributed by atoms with Crippen LogP contribution in [0.15, 0.2) is 72.8 Å². The zero-order valence-electron chi connectivity index (χ0n) is 16.3. The quantitative estimate of drug-likeness (QED) is 0.606. The summed E-state index contributed by atoms with van der Waals surface area (Å²) in [6.07, 6.45) is -4.42. The van der Waals surface area contributed by atoms with Crippen molar-refractivity contribution >= 4 is 23.2 Å². The molecule has 2 amide bonds. The Morgan fingerprint density at radius 2 is 1.47 bits per heavy atom. The SMILES string of the molecule is CC(=O)N(C)c1ccc(NC(=O)c2ccccc2-c2ccc(C(F)(F)F)cc2)cc1. The molecular formula is C23H19F3N2O2. The standard InChI is InChI=1S/C23H19F3N2O2/c1-15(29)28(2)19-13-11-18(12-14-19)27-22(30)21-6-4-3-5-20(21)16-7-9-17(10-8-16)23(24,25)26/h3-14H,1-2H3,(H,27,30). The highest BCUT2D eigenvalue weighted by Crippen LogP contribution is 2.32. The van der Waals surface area contributed by atoms with Gasteiger partial charge in [0.1, 0.15) is 0 Å². The van der Waals surface area contributed by atoms with Crippen LogP contribution in [0.25, 0.3) is 11.1 Å². The van der Waals surface area contributed by atoms with Crippen LogP contribution in [0.1, 0.15) is 22.8 Å². The second-order valence-corrected chi connectivity index (χ2v) is 6.70. The summed E-state index contributed by atoms with van der Waals surface area (Å²) in [6.45, 7) is 1.45. The maximum absolute atomic E-state index is 12.8. The molecule has 0 spiro atoms. The van der Waals surface area contributed by atoms with E-state index >= 15 is 0 Å². The van der Waals surface area contributed by atoms with E-state index in [0.717, 1.165) is 12.1 Å². The molecule has 0 aliphatic carbocycles. The molecule has 0 bridgehead atoms. The minimum Gasteiger partial charge on any atom is -0.322 e. The van der Waals surface area contributed by atoms with Gasteiger partial charge in [0.05, 0.1) is 5.56 Å². The highest BCUT2D eigenvalue weighted by atomic mass is 19.4. The highest BCUT2D eigenvalue weighted by Gasteiger charge is 2.30. The number of rotatable bonds is 4. The van der Waals surface area contributed by atoms with E-state index in [-0.39, 0.29) is 5.91 Å². The third kappa shape index (κ3) is 4.68. The fourth-order valence-corrected chi connectivity index (χ4v) is 2.92. The zero-order chi connectivity index (χ0) is 21.9. The third-order valence-corrected chi connectivity index (χ3v) is 4.68. The molecule has 0 saturated carbocycles. The number of halogens is 3. The molecule has 154 valence electrons. The molecule has 0 aliphatic heterocycles. The molecule has 0 unspecified atom stereocenters. The minimum atomic E-state index is -4.42. The van der Waals surface area contributed by atoms with E-state index in [1.807, 2.05) is 0 Å². The van der Waals surface area contributed by atoms with Crippen LogP contribution in [0, 0.1) is 0 Å². The number of carbonyl (C=O) groups excluding carboxylic acids is 2. The lowest BCUT2D eigenvalue weighted by atomic mass is 9.98. The topological polar surface area (TPSA) is 49.4 Å². The van der Waals surface area contributed by atoms with Gasteiger partial charge in [0.2, 0.25) is 5.91 Å². The number of hydrogen-bond acceptors (Lipinski definition) is 2. The Balaban J connectivity index is 1.83. The molecule has 30 heavy (non-hydrogen) atoms. The summed E-state index contributed by atoms with van der Waals surface area (Å²) in [5.41, 5.74) is 1.84. The number of benzene rings is 3. The Kier molecular flexibility index (Phi) is 5.91. The molecule has 4 nitrogen and oxygen atoms in total. The van der Waals surface area contributed by atoms with E-state index in [0.29, 0.717) is 28.1 Å². The van der Waals surface area contributed by atoms with Crippen molar-refractivity contribution in [3.8, 4) is 11.1 Å². The lowest BCUT2D eigenvalue weighted by Crippen LogP contribution is -2.22. The van der Waals surface area contributed by atoms with Crippen LogP contribution in [-0.2, 0) is 11.0 Å². The molecule has 0 aromatic heterocycles. The second kappa shape index (κ2) is 8.41. The van der Waals surface area contributed by atoms with Crippen molar-refractivity contribution in [1.29, 1.82) is 0 Å². The van der Waals surface area contributed by atoms with E-state index in [4.69, 9.17) is 0 Å². The Morgan fingerprint density at radius 3 is 2.03 bits per heavy atom. The van der Waals surface area contributed by atoms with Gasteiger partial charge in [0.15, 0.2) is 0 Å². The number of anilines is 2. The summed E-state index contributed by atoms with van der Waals surface area (Å²) in [6, 6.07) is 18.1. The fourth-order valence-electron chi connectivity index (χ4n) is 2.92. The molecule has 0 heterocycles. The monoisotopic (exact) mass is 412 g/mol. The van der Waals surface area contributed by atoms with Crippen LogP contribution in [0.4, 0.5) is 24.5 Å².